The van der Waals surface area contributed by atoms with E-state index in [0.29, 0.717) is 6.04 Å². The predicted octanol–water partition coefficient (Wildman–Crippen LogP) is 0.908. The van der Waals surface area contributed by atoms with Crippen LogP contribution in [-0.4, -0.2) is 22.1 Å². The highest BCUT2D eigenvalue weighted by atomic mass is 127. The Morgan fingerprint density at radius 2 is 2.53 bits per heavy atom. The van der Waals surface area contributed by atoms with Gasteiger partial charge in [0.2, 0.25) is 0 Å². The number of hydrogen-bond acceptors (Lipinski definition) is 3. The Labute approximate surface area is 102 Å². The summed E-state index contributed by atoms with van der Waals surface area (Å²) in [7, 11) is 0. The minimum Gasteiger partial charge on any atom is -0.312 e. The Morgan fingerprint density at radius 1 is 1.73 bits per heavy atom. The molecule has 1 aliphatic rings. The van der Waals surface area contributed by atoms with Crippen LogP contribution in [0.2, 0.25) is 0 Å². The Morgan fingerprint density at radius 3 is 3.20 bits per heavy atom. The van der Waals surface area contributed by atoms with E-state index >= 15 is 0 Å². The lowest BCUT2D eigenvalue weighted by molar-refractivity contribution is 0.492. The van der Waals surface area contributed by atoms with Gasteiger partial charge in [-0.15, -0.1) is 0 Å². The molecule has 5 heteroatoms. The van der Waals surface area contributed by atoms with Crippen LogP contribution in [0.4, 0.5) is 0 Å². The van der Waals surface area contributed by atoms with E-state index in [-0.39, 0.29) is 5.56 Å². The summed E-state index contributed by atoms with van der Waals surface area (Å²) in [6.45, 7) is 3.67. The van der Waals surface area contributed by atoms with Gasteiger partial charge in [0.15, 0.2) is 0 Å². The minimum atomic E-state index is 0.0804. The number of nitrogens with one attached hydrogen (secondary N) is 1. The van der Waals surface area contributed by atoms with E-state index < -0.39 is 0 Å². The summed E-state index contributed by atoms with van der Waals surface area (Å²) in [5, 5.41) is 3.38. The van der Waals surface area contributed by atoms with Crippen LogP contribution in [0, 0.1) is 10.5 Å². The summed E-state index contributed by atoms with van der Waals surface area (Å²) in [6, 6.07) is 0.433. The zero-order valence-corrected chi connectivity index (χ0v) is 10.8. The van der Waals surface area contributed by atoms with Gasteiger partial charge < -0.3 is 5.32 Å². The van der Waals surface area contributed by atoms with Gasteiger partial charge in [-0.25, -0.2) is 4.98 Å². The molecule has 2 heterocycles. The van der Waals surface area contributed by atoms with Crippen LogP contribution in [0.1, 0.15) is 18.5 Å². The standard InChI is InChI=1S/C10H14IN3O/c1-7-9(11)10(15)14(6-13-7)5-8-3-2-4-12-8/h6,8,12H,2-5H2,1H3/t8-/m1/s1. The lowest BCUT2D eigenvalue weighted by atomic mass is 10.2. The second-order valence-corrected chi connectivity index (χ2v) is 4.97. The van der Waals surface area contributed by atoms with Crippen LogP contribution in [0.3, 0.4) is 0 Å². The summed E-state index contributed by atoms with van der Waals surface area (Å²) >= 11 is 2.06. The summed E-state index contributed by atoms with van der Waals surface area (Å²) in [5.41, 5.74) is 0.896. The molecule has 0 radical (unpaired) electrons. The molecule has 1 aromatic heterocycles. The fraction of sp³-hybridized carbons (Fsp3) is 0.600. The van der Waals surface area contributed by atoms with E-state index in [1.807, 2.05) is 6.92 Å². The van der Waals surface area contributed by atoms with Crippen molar-refractivity contribution in [3.05, 3.63) is 25.9 Å². The van der Waals surface area contributed by atoms with Crippen molar-refractivity contribution in [2.75, 3.05) is 6.54 Å². The number of nitrogens with zero attached hydrogens (tertiary/aromatic N) is 2. The maximum atomic E-state index is 11.9. The maximum Gasteiger partial charge on any atom is 0.267 e. The third-order valence-corrected chi connectivity index (χ3v) is 3.98. The largest absolute Gasteiger partial charge is 0.312 e. The van der Waals surface area contributed by atoms with Gasteiger partial charge in [0.1, 0.15) is 0 Å². The van der Waals surface area contributed by atoms with Gasteiger partial charge in [0.05, 0.1) is 15.6 Å². The number of aryl methyl sites for hydroxylation is 1. The van der Waals surface area contributed by atoms with Crippen molar-refractivity contribution in [2.45, 2.75) is 32.4 Å². The molecule has 2 rings (SSSR count). The van der Waals surface area contributed by atoms with E-state index in [2.05, 4.69) is 32.9 Å². The molecule has 0 saturated carbocycles. The van der Waals surface area contributed by atoms with Crippen molar-refractivity contribution >= 4 is 22.6 Å². The molecule has 4 nitrogen and oxygen atoms in total. The first kappa shape index (κ1) is 11.1. The molecular weight excluding hydrogens is 305 g/mol. The molecule has 82 valence electrons. The highest BCUT2D eigenvalue weighted by molar-refractivity contribution is 14.1. The highest BCUT2D eigenvalue weighted by Crippen LogP contribution is 2.07. The first-order valence-corrected chi connectivity index (χ1v) is 6.21. The number of halogens is 1. The molecule has 0 unspecified atom stereocenters. The Kier molecular flexibility index (Phi) is 3.40. The third-order valence-electron chi connectivity index (χ3n) is 2.74. The van der Waals surface area contributed by atoms with Crippen LogP contribution >= 0.6 is 22.6 Å². The van der Waals surface area contributed by atoms with Crippen LogP contribution < -0.4 is 10.9 Å². The summed E-state index contributed by atoms with van der Waals surface area (Å²) in [4.78, 5) is 16.1. The van der Waals surface area contributed by atoms with Crippen LogP contribution in [0.25, 0.3) is 0 Å². The molecule has 0 aliphatic carbocycles. The predicted molar refractivity (Wildman–Crippen MR) is 67.0 cm³/mol. The lowest BCUT2D eigenvalue weighted by Gasteiger charge is -2.12. The van der Waals surface area contributed by atoms with Crippen molar-refractivity contribution in [3.63, 3.8) is 0 Å². The second-order valence-electron chi connectivity index (χ2n) is 3.89. The van der Waals surface area contributed by atoms with Crippen molar-refractivity contribution in [1.82, 2.24) is 14.9 Å². The van der Waals surface area contributed by atoms with Crippen LogP contribution in [-0.2, 0) is 6.54 Å². The highest BCUT2D eigenvalue weighted by Gasteiger charge is 2.15. The number of rotatable bonds is 2. The number of hydrogen-bond donors (Lipinski definition) is 1. The topological polar surface area (TPSA) is 46.9 Å². The van der Waals surface area contributed by atoms with Crippen molar-refractivity contribution < 1.29 is 0 Å². The minimum absolute atomic E-state index is 0.0804. The monoisotopic (exact) mass is 319 g/mol. The average Bonchev–Trinajstić information content (AvgIpc) is 2.72. The fourth-order valence-corrected chi connectivity index (χ4v) is 2.28. The van der Waals surface area contributed by atoms with Gasteiger partial charge in [-0.3, -0.25) is 9.36 Å². The Bertz CT molecular complexity index is 410. The van der Waals surface area contributed by atoms with E-state index in [9.17, 15) is 4.79 Å². The average molecular weight is 319 g/mol. The molecule has 15 heavy (non-hydrogen) atoms. The Hall–Kier alpha value is -0.430. The summed E-state index contributed by atoms with van der Waals surface area (Å²) in [5.74, 6) is 0. The van der Waals surface area contributed by atoms with Gasteiger partial charge in [0, 0.05) is 12.6 Å². The van der Waals surface area contributed by atoms with E-state index in [1.54, 1.807) is 10.9 Å². The smallest absolute Gasteiger partial charge is 0.267 e. The molecule has 0 amide bonds. The van der Waals surface area contributed by atoms with E-state index in [4.69, 9.17) is 0 Å². The zero-order chi connectivity index (χ0) is 10.8. The van der Waals surface area contributed by atoms with E-state index in [1.165, 1.54) is 6.42 Å². The van der Waals surface area contributed by atoms with Crippen LogP contribution in [0.15, 0.2) is 11.1 Å². The molecular formula is C10H14IN3O. The third kappa shape index (κ3) is 2.39. The summed E-state index contributed by atoms with van der Waals surface area (Å²) < 4.78 is 2.44. The Balaban J connectivity index is 2.21. The van der Waals surface area contributed by atoms with Crippen molar-refractivity contribution in [1.29, 1.82) is 0 Å². The quantitative estimate of drug-likeness (QED) is 0.824. The van der Waals surface area contributed by atoms with Gasteiger partial charge in [-0.2, -0.15) is 0 Å². The molecule has 1 N–H and O–H groups in total. The molecule has 1 aromatic rings. The zero-order valence-electron chi connectivity index (χ0n) is 8.66. The molecule has 0 spiro atoms. The molecule has 0 bridgehead atoms. The lowest BCUT2D eigenvalue weighted by Crippen LogP contribution is -2.33. The van der Waals surface area contributed by atoms with Gasteiger partial charge in [0.25, 0.3) is 5.56 Å². The van der Waals surface area contributed by atoms with Gasteiger partial charge >= 0.3 is 0 Å². The van der Waals surface area contributed by atoms with Crippen molar-refractivity contribution in [3.8, 4) is 0 Å². The number of aromatic nitrogens is 2. The molecule has 1 fully saturated rings. The SMILES string of the molecule is Cc1ncn(C[C@H]2CCCN2)c(=O)c1I. The van der Waals surface area contributed by atoms with Gasteiger partial charge in [-0.05, 0) is 48.9 Å². The maximum absolute atomic E-state index is 11.9. The normalized spacial score (nSPS) is 20.8. The molecule has 1 saturated heterocycles. The fourth-order valence-electron chi connectivity index (χ4n) is 1.83. The van der Waals surface area contributed by atoms with Crippen molar-refractivity contribution in [2.24, 2.45) is 0 Å². The van der Waals surface area contributed by atoms with Gasteiger partial charge in [-0.1, -0.05) is 0 Å². The van der Waals surface area contributed by atoms with E-state index in [0.717, 1.165) is 28.8 Å². The summed E-state index contributed by atoms with van der Waals surface area (Å²) in [6.07, 6.45) is 4.01. The first-order valence-electron chi connectivity index (χ1n) is 5.13. The second kappa shape index (κ2) is 4.61. The molecule has 0 aromatic carbocycles. The molecule has 1 atom stereocenters. The molecule has 1 aliphatic heterocycles. The van der Waals surface area contributed by atoms with Crippen LogP contribution in [0.5, 0.6) is 0 Å². The first-order chi connectivity index (χ1) is 7.18.